The summed E-state index contributed by atoms with van der Waals surface area (Å²) < 4.78 is 2.00. The first-order valence-electron chi connectivity index (χ1n) is 5.50. The lowest BCUT2D eigenvalue weighted by Crippen LogP contribution is -2.26. The Morgan fingerprint density at radius 3 is 2.44 bits per heavy atom. The van der Waals surface area contributed by atoms with Crippen molar-refractivity contribution in [2.45, 2.75) is 5.75 Å². The summed E-state index contributed by atoms with van der Waals surface area (Å²) in [5, 5.41) is 12.0. The molecule has 0 aliphatic rings. The lowest BCUT2D eigenvalue weighted by molar-refractivity contribution is -0.466. The van der Waals surface area contributed by atoms with Crippen molar-refractivity contribution in [1.82, 2.24) is 4.90 Å². The number of rotatable bonds is 3. The molecule has 0 N–H and O–H groups in total. The van der Waals surface area contributed by atoms with Crippen LogP contribution < -0.4 is 0 Å². The van der Waals surface area contributed by atoms with E-state index < -0.39 is 0 Å². The van der Waals surface area contributed by atoms with Gasteiger partial charge in [0.2, 0.25) is 0 Å². The first-order chi connectivity index (χ1) is 8.43. The van der Waals surface area contributed by atoms with Crippen LogP contribution in [-0.2, 0) is 5.75 Å². The molecule has 0 spiro atoms. The molecule has 5 nitrogen and oxygen atoms in total. The van der Waals surface area contributed by atoms with Crippen molar-refractivity contribution in [3.63, 3.8) is 0 Å². The molecule has 0 aliphatic carbocycles. The van der Waals surface area contributed by atoms with Crippen molar-refractivity contribution in [3.8, 4) is 0 Å². The van der Waals surface area contributed by atoms with Gasteiger partial charge in [-0.05, 0) is 11.8 Å². The van der Waals surface area contributed by atoms with Gasteiger partial charge in [-0.2, -0.15) is 0 Å². The number of thioether (sulfide) groups is 1. The summed E-state index contributed by atoms with van der Waals surface area (Å²) in [4.78, 5) is 12.6. The zero-order chi connectivity index (χ0) is 13.7. The van der Waals surface area contributed by atoms with Gasteiger partial charge in [0.25, 0.3) is 5.69 Å². The van der Waals surface area contributed by atoms with Crippen molar-refractivity contribution < 1.29 is 9.50 Å². The SMILES string of the molecule is CN(C)C(SCc1ccccc1[N+](=O)[O-])=[N+](C)C. The van der Waals surface area contributed by atoms with Crippen LogP contribution >= 0.6 is 11.8 Å². The van der Waals surface area contributed by atoms with E-state index in [4.69, 9.17) is 0 Å². The van der Waals surface area contributed by atoms with E-state index in [2.05, 4.69) is 0 Å². The molecule has 0 saturated carbocycles. The molecule has 0 unspecified atom stereocenters. The van der Waals surface area contributed by atoms with Crippen LogP contribution in [-0.4, -0.2) is 47.8 Å². The fourth-order valence-electron chi connectivity index (χ4n) is 1.61. The third-order valence-electron chi connectivity index (χ3n) is 2.31. The fourth-order valence-corrected chi connectivity index (χ4v) is 2.66. The van der Waals surface area contributed by atoms with Crippen LogP contribution in [0.3, 0.4) is 0 Å². The van der Waals surface area contributed by atoms with Gasteiger partial charge in [0.1, 0.15) is 0 Å². The number of nitro benzene ring substituents is 1. The molecular formula is C12H18N3O2S+. The minimum absolute atomic E-state index is 0.182. The second-order valence-corrected chi connectivity index (χ2v) is 5.19. The molecular weight excluding hydrogens is 250 g/mol. The number of para-hydroxylation sites is 1. The van der Waals surface area contributed by atoms with E-state index >= 15 is 0 Å². The van der Waals surface area contributed by atoms with E-state index in [9.17, 15) is 10.1 Å². The molecule has 1 aromatic carbocycles. The van der Waals surface area contributed by atoms with Crippen LogP contribution in [0.15, 0.2) is 24.3 Å². The molecule has 0 bridgehead atoms. The Morgan fingerprint density at radius 2 is 1.94 bits per heavy atom. The lowest BCUT2D eigenvalue weighted by atomic mass is 10.2. The maximum absolute atomic E-state index is 10.9. The average Bonchev–Trinajstić information content (AvgIpc) is 2.28. The second-order valence-electron chi connectivity index (χ2n) is 4.25. The molecule has 0 radical (unpaired) electrons. The van der Waals surface area contributed by atoms with Crippen molar-refractivity contribution >= 4 is 22.6 Å². The smallest absolute Gasteiger partial charge is 0.262 e. The van der Waals surface area contributed by atoms with Crippen molar-refractivity contribution in [2.75, 3.05) is 28.2 Å². The largest absolute Gasteiger partial charge is 0.307 e. The maximum atomic E-state index is 10.9. The molecule has 0 aliphatic heterocycles. The van der Waals surface area contributed by atoms with Gasteiger partial charge < -0.3 is 0 Å². The number of amidine groups is 1. The fraction of sp³-hybridized carbons (Fsp3) is 0.417. The Bertz CT molecular complexity index is 468. The van der Waals surface area contributed by atoms with Crippen LogP contribution in [0.5, 0.6) is 0 Å². The van der Waals surface area contributed by atoms with Gasteiger partial charge in [0, 0.05) is 17.4 Å². The molecule has 18 heavy (non-hydrogen) atoms. The van der Waals surface area contributed by atoms with Crippen LogP contribution in [0.1, 0.15) is 5.56 Å². The Morgan fingerprint density at radius 1 is 1.33 bits per heavy atom. The summed E-state index contributed by atoms with van der Waals surface area (Å²) in [5.74, 6) is 0.586. The average molecular weight is 268 g/mol. The Balaban J connectivity index is 2.87. The Kier molecular flexibility index (Phi) is 5.15. The van der Waals surface area contributed by atoms with Crippen LogP contribution in [0.4, 0.5) is 5.69 Å². The van der Waals surface area contributed by atoms with E-state index in [0.717, 1.165) is 10.7 Å². The van der Waals surface area contributed by atoms with Gasteiger partial charge in [0.15, 0.2) is 0 Å². The van der Waals surface area contributed by atoms with E-state index in [1.165, 1.54) is 0 Å². The zero-order valence-electron chi connectivity index (χ0n) is 11.1. The van der Waals surface area contributed by atoms with Crippen LogP contribution in [0, 0.1) is 10.1 Å². The van der Waals surface area contributed by atoms with Gasteiger partial charge in [-0.25, -0.2) is 0 Å². The van der Waals surface area contributed by atoms with Gasteiger partial charge in [-0.3, -0.25) is 19.6 Å². The van der Waals surface area contributed by atoms with E-state index in [1.54, 1.807) is 30.0 Å². The third kappa shape index (κ3) is 3.73. The van der Waals surface area contributed by atoms with Gasteiger partial charge in [0.05, 0.1) is 33.1 Å². The standard InChI is InChI=1S/C12H18N3O2S/c1-13(2)12(14(3)4)18-9-10-7-5-6-8-11(10)15(16)17/h5-8H,9H2,1-4H3/q+1. The highest BCUT2D eigenvalue weighted by atomic mass is 32.2. The maximum Gasteiger partial charge on any atom is 0.307 e. The summed E-state index contributed by atoms with van der Waals surface area (Å²) in [6.07, 6.45) is 0. The molecule has 0 atom stereocenters. The highest BCUT2D eigenvalue weighted by molar-refractivity contribution is 8.12. The summed E-state index contributed by atoms with van der Waals surface area (Å²) in [5.41, 5.74) is 0.926. The molecule has 98 valence electrons. The summed E-state index contributed by atoms with van der Waals surface area (Å²) in [7, 11) is 7.84. The highest BCUT2D eigenvalue weighted by Gasteiger charge is 2.17. The summed E-state index contributed by atoms with van der Waals surface area (Å²) in [6.45, 7) is 0. The molecule has 1 aromatic rings. The lowest BCUT2D eigenvalue weighted by Gasteiger charge is -2.10. The highest BCUT2D eigenvalue weighted by Crippen LogP contribution is 2.23. The quantitative estimate of drug-likeness (QED) is 0.277. The molecule has 0 heterocycles. The minimum atomic E-state index is -0.332. The predicted octanol–water partition coefficient (Wildman–Crippen LogP) is 2.02. The van der Waals surface area contributed by atoms with Gasteiger partial charge >= 0.3 is 5.17 Å². The second kappa shape index (κ2) is 6.39. The number of nitrogens with zero attached hydrogens (tertiary/aromatic N) is 3. The van der Waals surface area contributed by atoms with Crippen LogP contribution in [0.2, 0.25) is 0 Å². The summed E-state index contributed by atoms with van der Waals surface area (Å²) >= 11 is 1.59. The van der Waals surface area contributed by atoms with Crippen molar-refractivity contribution in [2.24, 2.45) is 0 Å². The first-order valence-corrected chi connectivity index (χ1v) is 6.48. The minimum Gasteiger partial charge on any atom is -0.262 e. The molecule has 0 saturated heterocycles. The first kappa shape index (κ1) is 14.5. The molecule has 6 heteroatoms. The topological polar surface area (TPSA) is 49.4 Å². The van der Waals surface area contributed by atoms with E-state index in [1.807, 2.05) is 43.7 Å². The molecule has 0 aromatic heterocycles. The Labute approximate surface area is 111 Å². The van der Waals surface area contributed by atoms with Crippen LogP contribution in [0.25, 0.3) is 0 Å². The van der Waals surface area contributed by atoms with Gasteiger partial charge in [-0.1, -0.05) is 18.2 Å². The number of hydrogen-bond acceptors (Lipinski definition) is 3. The number of hydrogen-bond donors (Lipinski definition) is 0. The van der Waals surface area contributed by atoms with E-state index in [-0.39, 0.29) is 10.6 Å². The predicted molar refractivity (Wildman–Crippen MR) is 75.2 cm³/mol. The van der Waals surface area contributed by atoms with E-state index in [0.29, 0.717) is 5.75 Å². The Hall–Kier alpha value is -1.56. The summed E-state index contributed by atoms with van der Waals surface area (Å²) in [6, 6.07) is 6.86. The molecule has 1 rings (SSSR count). The van der Waals surface area contributed by atoms with Crippen molar-refractivity contribution in [3.05, 3.63) is 39.9 Å². The van der Waals surface area contributed by atoms with Crippen molar-refractivity contribution in [1.29, 1.82) is 0 Å². The monoisotopic (exact) mass is 268 g/mol. The normalized spacial score (nSPS) is 10.0. The number of benzene rings is 1. The molecule has 0 amide bonds. The molecule has 0 fully saturated rings. The third-order valence-corrected chi connectivity index (χ3v) is 3.75. The van der Waals surface area contributed by atoms with Gasteiger partial charge in [-0.15, -0.1) is 0 Å². The zero-order valence-corrected chi connectivity index (χ0v) is 11.9. The number of nitro groups is 1.